The number of para-hydroxylation sites is 1. The van der Waals surface area contributed by atoms with Crippen molar-refractivity contribution in [2.45, 2.75) is 17.9 Å². The number of benzene rings is 2. The van der Waals surface area contributed by atoms with E-state index < -0.39 is 27.5 Å². The molecule has 0 aliphatic carbocycles. The van der Waals surface area contributed by atoms with E-state index in [-0.39, 0.29) is 4.90 Å². The second-order valence-corrected chi connectivity index (χ2v) is 6.82. The highest BCUT2D eigenvalue weighted by atomic mass is 32.2. The van der Waals surface area contributed by atoms with Gasteiger partial charge in [0.05, 0.1) is 10.6 Å². The summed E-state index contributed by atoms with van der Waals surface area (Å²) in [5, 5.41) is 2.98. The van der Waals surface area contributed by atoms with Gasteiger partial charge < -0.3 is 5.32 Å². The number of halogens is 2. The van der Waals surface area contributed by atoms with Gasteiger partial charge in [0.25, 0.3) is 0 Å². The zero-order valence-corrected chi connectivity index (χ0v) is 12.4. The minimum absolute atomic E-state index is 0.147. The molecular formula is C15H15F2NO2S. The summed E-state index contributed by atoms with van der Waals surface area (Å²) in [7, 11) is -3.39. The normalized spacial score (nSPS) is 13.0. The molecule has 2 aromatic rings. The number of rotatable bonds is 4. The summed E-state index contributed by atoms with van der Waals surface area (Å²) in [5.74, 6) is -1.34. The van der Waals surface area contributed by atoms with Gasteiger partial charge in [-0.15, -0.1) is 0 Å². The zero-order valence-electron chi connectivity index (χ0n) is 11.6. The number of anilines is 1. The molecule has 0 saturated carbocycles. The molecule has 0 amide bonds. The monoisotopic (exact) mass is 311 g/mol. The lowest BCUT2D eigenvalue weighted by atomic mass is 10.1. The van der Waals surface area contributed by atoms with Crippen molar-refractivity contribution >= 4 is 15.5 Å². The van der Waals surface area contributed by atoms with Gasteiger partial charge in [-0.3, -0.25) is 0 Å². The van der Waals surface area contributed by atoms with Gasteiger partial charge in [-0.2, -0.15) is 0 Å². The molecule has 0 saturated heterocycles. The minimum Gasteiger partial charge on any atom is -0.377 e. The molecule has 0 aromatic heterocycles. The van der Waals surface area contributed by atoms with Crippen LogP contribution in [-0.4, -0.2) is 14.7 Å². The smallest absolute Gasteiger partial charge is 0.177 e. The highest BCUT2D eigenvalue weighted by Gasteiger charge is 2.15. The average Bonchev–Trinajstić information content (AvgIpc) is 2.37. The molecule has 0 aliphatic heterocycles. The first kappa shape index (κ1) is 15.4. The topological polar surface area (TPSA) is 46.2 Å². The molecule has 2 rings (SSSR count). The van der Waals surface area contributed by atoms with Crippen LogP contribution in [0.4, 0.5) is 14.5 Å². The first-order valence-electron chi connectivity index (χ1n) is 6.29. The highest BCUT2D eigenvalue weighted by Crippen LogP contribution is 2.26. The molecule has 0 heterocycles. The van der Waals surface area contributed by atoms with Crippen molar-refractivity contribution in [1.82, 2.24) is 0 Å². The summed E-state index contributed by atoms with van der Waals surface area (Å²) in [5.41, 5.74) is 0.799. The summed E-state index contributed by atoms with van der Waals surface area (Å²) in [4.78, 5) is 0.147. The molecule has 1 unspecified atom stereocenters. The van der Waals surface area contributed by atoms with Gasteiger partial charge in [0.2, 0.25) is 0 Å². The van der Waals surface area contributed by atoms with Gasteiger partial charge in [-0.25, -0.2) is 17.2 Å². The van der Waals surface area contributed by atoms with Crippen molar-refractivity contribution in [3.05, 3.63) is 59.7 Å². The molecule has 21 heavy (non-hydrogen) atoms. The first-order chi connectivity index (χ1) is 9.77. The van der Waals surface area contributed by atoms with Crippen molar-refractivity contribution < 1.29 is 17.2 Å². The minimum atomic E-state index is -3.39. The van der Waals surface area contributed by atoms with E-state index >= 15 is 0 Å². The molecular weight excluding hydrogens is 296 g/mol. The van der Waals surface area contributed by atoms with Crippen LogP contribution in [0.15, 0.2) is 47.4 Å². The van der Waals surface area contributed by atoms with Gasteiger partial charge in [-0.05, 0) is 36.8 Å². The standard InChI is InChI=1S/C15H15F2NO2S/c1-10(11-7-12(16)9-13(17)8-11)18-14-5-3-4-6-15(14)21(2,19)20/h3-10,18H,1-2H3. The first-order valence-corrected chi connectivity index (χ1v) is 8.18. The Kier molecular flexibility index (Phi) is 4.27. The Balaban J connectivity index is 2.34. The van der Waals surface area contributed by atoms with Crippen LogP contribution < -0.4 is 5.32 Å². The maximum Gasteiger partial charge on any atom is 0.177 e. The lowest BCUT2D eigenvalue weighted by Gasteiger charge is -2.18. The van der Waals surface area contributed by atoms with Crippen LogP contribution >= 0.6 is 0 Å². The van der Waals surface area contributed by atoms with Gasteiger partial charge in [0.15, 0.2) is 9.84 Å². The van der Waals surface area contributed by atoms with E-state index in [0.717, 1.165) is 12.3 Å². The fourth-order valence-corrected chi connectivity index (χ4v) is 2.90. The predicted molar refractivity (Wildman–Crippen MR) is 77.9 cm³/mol. The van der Waals surface area contributed by atoms with E-state index in [2.05, 4.69) is 5.32 Å². The van der Waals surface area contributed by atoms with Crippen LogP contribution in [0.25, 0.3) is 0 Å². The van der Waals surface area contributed by atoms with Crippen molar-refractivity contribution in [1.29, 1.82) is 0 Å². The third-order valence-corrected chi connectivity index (χ3v) is 4.20. The van der Waals surface area contributed by atoms with E-state index in [1.54, 1.807) is 25.1 Å². The van der Waals surface area contributed by atoms with Crippen LogP contribution in [0.5, 0.6) is 0 Å². The maximum absolute atomic E-state index is 13.2. The largest absolute Gasteiger partial charge is 0.377 e. The molecule has 112 valence electrons. The maximum atomic E-state index is 13.2. The molecule has 6 heteroatoms. The van der Waals surface area contributed by atoms with Gasteiger partial charge in [0, 0.05) is 18.4 Å². The SMILES string of the molecule is CC(Nc1ccccc1S(C)(=O)=O)c1cc(F)cc(F)c1. The zero-order chi connectivity index (χ0) is 15.6. The summed E-state index contributed by atoms with van der Waals surface area (Å²) in [6.07, 6.45) is 1.11. The fourth-order valence-electron chi connectivity index (χ4n) is 2.05. The summed E-state index contributed by atoms with van der Waals surface area (Å²) in [6, 6.07) is 9.18. The second-order valence-electron chi connectivity index (χ2n) is 4.84. The molecule has 0 aliphatic rings. The molecule has 2 aromatic carbocycles. The number of nitrogens with one attached hydrogen (secondary N) is 1. The number of sulfone groups is 1. The lowest BCUT2D eigenvalue weighted by Crippen LogP contribution is -2.11. The Morgan fingerprint density at radius 3 is 2.19 bits per heavy atom. The molecule has 3 nitrogen and oxygen atoms in total. The Labute approximate surface area is 122 Å². The molecule has 0 fully saturated rings. The van der Waals surface area contributed by atoms with Crippen LogP contribution in [0.1, 0.15) is 18.5 Å². The summed E-state index contributed by atoms with van der Waals surface area (Å²) in [6.45, 7) is 1.70. The molecule has 0 spiro atoms. The fraction of sp³-hybridized carbons (Fsp3) is 0.200. The van der Waals surface area contributed by atoms with Crippen molar-refractivity contribution in [2.75, 3.05) is 11.6 Å². The van der Waals surface area contributed by atoms with Crippen LogP contribution in [0, 0.1) is 11.6 Å². The predicted octanol–water partition coefficient (Wildman–Crippen LogP) is 3.54. The van der Waals surface area contributed by atoms with Crippen molar-refractivity contribution in [3.8, 4) is 0 Å². The Hall–Kier alpha value is -1.95. The molecule has 0 bridgehead atoms. The lowest BCUT2D eigenvalue weighted by molar-refractivity contribution is 0.577. The van der Waals surface area contributed by atoms with Crippen LogP contribution in [-0.2, 0) is 9.84 Å². The third-order valence-electron chi connectivity index (χ3n) is 3.04. The quantitative estimate of drug-likeness (QED) is 0.939. The Morgan fingerprint density at radius 1 is 1.05 bits per heavy atom. The molecule has 0 radical (unpaired) electrons. The average molecular weight is 311 g/mol. The summed E-state index contributed by atoms with van der Waals surface area (Å²) < 4.78 is 49.9. The molecule has 1 N–H and O–H groups in total. The van der Waals surface area contributed by atoms with E-state index in [1.165, 1.54) is 18.2 Å². The van der Waals surface area contributed by atoms with Gasteiger partial charge in [0.1, 0.15) is 11.6 Å². The highest BCUT2D eigenvalue weighted by molar-refractivity contribution is 7.90. The second kappa shape index (κ2) is 5.81. The van der Waals surface area contributed by atoms with Crippen molar-refractivity contribution in [2.24, 2.45) is 0 Å². The van der Waals surface area contributed by atoms with Crippen LogP contribution in [0.3, 0.4) is 0 Å². The van der Waals surface area contributed by atoms with E-state index in [9.17, 15) is 17.2 Å². The Bertz CT molecular complexity index is 740. The third kappa shape index (κ3) is 3.78. The number of hydrogen-bond acceptors (Lipinski definition) is 3. The van der Waals surface area contributed by atoms with Crippen molar-refractivity contribution in [3.63, 3.8) is 0 Å². The van der Waals surface area contributed by atoms with Gasteiger partial charge in [-0.1, -0.05) is 12.1 Å². The number of hydrogen-bond donors (Lipinski definition) is 1. The van der Waals surface area contributed by atoms with E-state index in [4.69, 9.17) is 0 Å². The van der Waals surface area contributed by atoms with E-state index in [1.807, 2.05) is 0 Å². The van der Waals surface area contributed by atoms with Gasteiger partial charge >= 0.3 is 0 Å². The van der Waals surface area contributed by atoms with E-state index in [0.29, 0.717) is 11.3 Å². The van der Waals surface area contributed by atoms with Crippen LogP contribution in [0.2, 0.25) is 0 Å². The Morgan fingerprint density at radius 2 is 1.62 bits per heavy atom. The molecule has 1 atom stereocenters. The summed E-state index contributed by atoms with van der Waals surface area (Å²) >= 11 is 0.